The summed E-state index contributed by atoms with van der Waals surface area (Å²) in [6.45, 7) is 2.82. The summed E-state index contributed by atoms with van der Waals surface area (Å²) < 4.78 is 15.2. The fourth-order valence-electron chi connectivity index (χ4n) is 2.15. The first-order chi connectivity index (χ1) is 10.0. The summed E-state index contributed by atoms with van der Waals surface area (Å²) in [5, 5.41) is 4.32. The predicted octanol–water partition coefficient (Wildman–Crippen LogP) is 5.98. The maximum Gasteiger partial charge on any atom is 0.129 e. The van der Waals surface area contributed by atoms with E-state index < -0.39 is 0 Å². The van der Waals surface area contributed by atoms with Crippen molar-refractivity contribution in [3.8, 4) is 0 Å². The van der Waals surface area contributed by atoms with Crippen molar-refractivity contribution in [1.29, 1.82) is 0 Å². The summed E-state index contributed by atoms with van der Waals surface area (Å²) in [5.74, 6) is -0.341. The normalized spacial score (nSPS) is 12.4. The minimum Gasteiger partial charge on any atom is -0.306 e. The molecule has 1 N–H and O–H groups in total. The molecule has 0 saturated carbocycles. The molecule has 0 aliphatic heterocycles. The molecule has 2 aromatic carbocycles. The van der Waals surface area contributed by atoms with Crippen LogP contribution in [-0.2, 0) is 0 Å². The van der Waals surface area contributed by atoms with E-state index in [0.717, 1.165) is 23.0 Å². The van der Waals surface area contributed by atoms with Crippen molar-refractivity contribution in [3.63, 3.8) is 0 Å². The van der Waals surface area contributed by atoms with Crippen molar-refractivity contribution in [3.05, 3.63) is 67.9 Å². The van der Waals surface area contributed by atoms with E-state index in [9.17, 15) is 4.39 Å². The van der Waals surface area contributed by atoms with Crippen LogP contribution in [0.25, 0.3) is 0 Å². The third kappa shape index (κ3) is 4.19. The van der Waals surface area contributed by atoms with Crippen LogP contribution in [0, 0.1) is 5.82 Å². The van der Waals surface area contributed by atoms with Crippen LogP contribution in [0.1, 0.15) is 30.5 Å². The SMILES string of the molecule is CCCNC(c1ccc(Cl)cc1F)c1cc(Br)ccc1Cl. The van der Waals surface area contributed by atoms with E-state index in [0.29, 0.717) is 15.6 Å². The van der Waals surface area contributed by atoms with Crippen LogP contribution >= 0.6 is 39.1 Å². The number of hydrogen-bond donors (Lipinski definition) is 1. The summed E-state index contributed by atoms with van der Waals surface area (Å²) in [6.07, 6.45) is 0.942. The summed E-state index contributed by atoms with van der Waals surface area (Å²) in [4.78, 5) is 0. The van der Waals surface area contributed by atoms with Crippen molar-refractivity contribution in [1.82, 2.24) is 5.32 Å². The summed E-state index contributed by atoms with van der Waals surface area (Å²) in [6, 6.07) is 9.96. The van der Waals surface area contributed by atoms with E-state index in [4.69, 9.17) is 23.2 Å². The highest BCUT2D eigenvalue weighted by Gasteiger charge is 2.20. The molecule has 0 fully saturated rings. The molecule has 2 rings (SSSR count). The topological polar surface area (TPSA) is 12.0 Å². The molecule has 112 valence electrons. The first kappa shape index (κ1) is 16.8. The van der Waals surface area contributed by atoms with E-state index in [1.54, 1.807) is 18.2 Å². The van der Waals surface area contributed by atoms with Crippen molar-refractivity contribution >= 4 is 39.1 Å². The monoisotopic (exact) mass is 389 g/mol. The second kappa shape index (κ2) is 7.59. The van der Waals surface area contributed by atoms with E-state index in [2.05, 4.69) is 28.2 Å². The molecule has 0 aliphatic carbocycles. The molecule has 5 heteroatoms. The van der Waals surface area contributed by atoms with Gasteiger partial charge >= 0.3 is 0 Å². The molecule has 21 heavy (non-hydrogen) atoms. The third-order valence-electron chi connectivity index (χ3n) is 3.14. The van der Waals surface area contributed by atoms with Gasteiger partial charge in [0.1, 0.15) is 5.82 Å². The van der Waals surface area contributed by atoms with Gasteiger partial charge < -0.3 is 5.32 Å². The zero-order chi connectivity index (χ0) is 15.4. The minimum atomic E-state index is -0.341. The van der Waals surface area contributed by atoms with Crippen LogP contribution < -0.4 is 5.32 Å². The van der Waals surface area contributed by atoms with Crippen molar-refractivity contribution in [2.24, 2.45) is 0 Å². The Balaban J connectivity index is 2.49. The minimum absolute atomic E-state index is 0.313. The maximum atomic E-state index is 14.3. The second-order valence-electron chi connectivity index (χ2n) is 4.72. The number of hydrogen-bond acceptors (Lipinski definition) is 1. The number of rotatable bonds is 5. The van der Waals surface area contributed by atoms with E-state index in [-0.39, 0.29) is 11.9 Å². The lowest BCUT2D eigenvalue weighted by molar-refractivity contribution is 0.547. The second-order valence-corrected chi connectivity index (χ2v) is 6.48. The molecule has 1 atom stereocenters. The first-order valence-corrected chi connectivity index (χ1v) is 8.21. The zero-order valence-electron chi connectivity index (χ0n) is 11.5. The van der Waals surface area contributed by atoms with Gasteiger partial charge in [-0.1, -0.05) is 52.1 Å². The first-order valence-electron chi connectivity index (χ1n) is 6.66. The van der Waals surface area contributed by atoms with Gasteiger partial charge in [-0.25, -0.2) is 4.39 Å². The van der Waals surface area contributed by atoms with Gasteiger partial charge in [-0.2, -0.15) is 0 Å². The highest BCUT2D eigenvalue weighted by molar-refractivity contribution is 9.10. The quantitative estimate of drug-likeness (QED) is 0.661. The van der Waals surface area contributed by atoms with Gasteiger partial charge in [-0.15, -0.1) is 0 Å². The summed E-state index contributed by atoms with van der Waals surface area (Å²) in [5.41, 5.74) is 1.37. The molecule has 0 radical (unpaired) electrons. The molecule has 0 heterocycles. The van der Waals surface area contributed by atoms with Gasteiger partial charge in [0.05, 0.1) is 6.04 Å². The van der Waals surface area contributed by atoms with Gasteiger partial charge in [0.25, 0.3) is 0 Å². The van der Waals surface area contributed by atoms with E-state index in [1.807, 2.05) is 12.1 Å². The van der Waals surface area contributed by atoms with Gasteiger partial charge in [0.15, 0.2) is 0 Å². The molecule has 1 unspecified atom stereocenters. The Morgan fingerprint density at radius 1 is 1.14 bits per heavy atom. The smallest absolute Gasteiger partial charge is 0.129 e. The van der Waals surface area contributed by atoms with Crippen LogP contribution in [0.5, 0.6) is 0 Å². The number of halogens is 4. The standard InChI is InChI=1S/C16H15BrCl2FN/c1-2-7-21-16(12-5-4-11(18)9-15(12)20)13-8-10(17)3-6-14(13)19/h3-6,8-9,16,21H,2,7H2,1H3. The maximum absolute atomic E-state index is 14.3. The van der Waals surface area contributed by atoms with Crippen LogP contribution in [-0.4, -0.2) is 6.54 Å². The lowest BCUT2D eigenvalue weighted by Crippen LogP contribution is -2.24. The molecule has 0 bridgehead atoms. The highest BCUT2D eigenvalue weighted by atomic mass is 79.9. The molecule has 1 nitrogen and oxygen atoms in total. The largest absolute Gasteiger partial charge is 0.306 e. The van der Waals surface area contributed by atoms with Crippen molar-refractivity contribution < 1.29 is 4.39 Å². The molecular formula is C16H15BrCl2FN. The van der Waals surface area contributed by atoms with Gasteiger partial charge in [0.2, 0.25) is 0 Å². The third-order valence-corrected chi connectivity index (χ3v) is 4.21. The van der Waals surface area contributed by atoms with Gasteiger partial charge in [-0.05, 0) is 48.9 Å². The zero-order valence-corrected chi connectivity index (χ0v) is 14.6. The molecule has 0 aromatic heterocycles. The van der Waals surface area contributed by atoms with Gasteiger partial charge in [0, 0.05) is 20.1 Å². The Labute approximate surface area is 142 Å². The molecule has 2 aromatic rings. The predicted molar refractivity (Wildman–Crippen MR) is 90.7 cm³/mol. The highest BCUT2D eigenvalue weighted by Crippen LogP contribution is 2.32. The molecule has 0 spiro atoms. The van der Waals surface area contributed by atoms with E-state index in [1.165, 1.54) is 6.07 Å². The molecular weight excluding hydrogens is 376 g/mol. The van der Waals surface area contributed by atoms with Crippen LogP contribution in [0.15, 0.2) is 40.9 Å². The Bertz CT molecular complexity index is 634. The fraction of sp³-hybridized carbons (Fsp3) is 0.250. The Kier molecular flexibility index (Phi) is 6.06. The van der Waals surface area contributed by atoms with Crippen molar-refractivity contribution in [2.75, 3.05) is 6.54 Å². The lowest BCUT2D eigenvalue weighted by Gasteiger charge is -2.21. The number of nitrogens with one attached hydrogen (secondary N) is 1. The average Bonchev–Trinajstić information content (AvgIpc) is 2.44. The van der Waals surface area contributed by atoms with Crippen LogP contribution in [0.2, 0.25) is 10.0 Å². The Morgan fingerprint density at radius 3 is 2.57 bits per heavy atom. The summed E-state index contributed by atoms with van der Waals surface area (Å²) >= 11 is 15.6. The van der Waals surface area contributed by atoms with Crippen molar-refractivity contribution in [2.45, 2.75) is 19.4 Å². The fourth-order valence-corrected chi connectivity index (χ4v) is 2.91. The molecule has 0 aliphatic rings. The van der Waals surface area contributed by atoms with Crippen LogP contribution in [0.4, 0.5) is 4.39 Å². The Morgan fingerprint density at radius 2 is 1.90 bits per heavy atom. The van der Waals surface area contributed by atoms with Gasteiger partial charge in [-0.3, -0.25) is 0 Å². The van der Waals surface area contributed by atoms with E-state index >= 15 is 0 Å². The van der Waals surface area contributed by atoms with Crippen LogP contribution in [0.3, 0.4) is 0 Å². The average molecular weight is 391 g/mol. The Hall–Kier alpha value is -0.610. The summed E-state index contributed by atoms with van der Waals surface area (Å²) in [7, 11) is 0. The lowest BCUT2D eigenvalue weighted by atomic mass is 9.98. The molecule has 0 amide bonds. The molecule has 0 saturated heterocycles. The number of benzene rings is 2.